The summed E-state index contributed by atoms with van der Waals surface area (Å²) in [6, 6.07) is 9.10. The molecule has 0 bridgehead atoms. The van der Waals surface area contributed by atoms with Gasteiger partial charge in [0.1, 0.15) is 12.4 Å². The minimum Gasteiger partial charge on any atom is -0.497 e. The largest absolute Gasteiger partial charge is 0.497 e. The predicted molar refractivity (Wildman–Crippen MR) is 78.9 cm³/mol. The molecular formula is C16H19FN2O2. The molecule has 1 aromatic carbocycles. The van der Waals surface area contributed by atoms with E-state index in [0.717, 1.165) is 17.9 Å². The fraction of sp³-hybridized carbons (Fsp3) is 0.312. The first-order valence-electron chi connectivity index (χ1n) is 6.84. The van der Waals surface area contributed by atoms with Crippen LogP contribution in [-0.4, -0.2) is 18.6 Å². The second-order valence-corrected chi connectivity index (χ2v) is 4.51. The van der Waals surface area contributed by atoms with Crippen LogP contribution in [-0.2, 0) is 13.2 Å². The summed E-state index contributed by atoms with van der Waals surface area (Å²) in [5.41, 5.74) is 1.44. The zero-order chi connectivity index (χ0) is 15.1. The van der Waals surface area contributed by atoms with Gasteiger partial charge in [-0.2, -0.15) is 0 Å². The van der Waals surface area contributed by atoms with E-state index in [4.69, 9.17) is 9.47 Å². The number of nitrogens with one attached hydrogen (secondary N) is 1. The summed E-state index contributed by atoms with van der Waals surface area (Å²) >= 11 is 0. The molecular weight excluding hydrogens is 271 g/mol. The molecule has 21 heavy (non-hydrogen) atoms. The highest BCUT2D eigenvalue weighted by Gasteiger charge is 2.10. The summed E-state index contributed by atoms with van der Waals surface area (Å²) in [7, 11) is 1.60. The number of aromatic nitrogens is 1. The van der Waals surface area contributed by atoms with Gasteiger partial charge in [-0.25, -0.2) is 9.37 Å². The number of hydrogen-bond acceptors (Lipinski definition) is 4. The lowest BCUT2D eigenvalue weighted by Gasteiger charge is -2.10. The minimum absolute atomic E-state index is 0.0215. The molecule has 112 valence electrons. The maximum Gasteiger partial charge on any atom is 0.251 e. The third-order valence-electron chi connectivity index (χ3n) is 3.01. The van der Waals surface area contributed by atoms with Crippen LogP contribution in [0.25, 0.3) is 0 Å². The lowest BCUT2D eigenvalue weighted by molar-refractivity contribution is 0.275. The standard InChI is InChI=1S/C16H19FN2O2/c1-3-18-10-13-7-8-19-16(15(13)17)21-11-12-5-4-6-14(9-12)20-2/h4-9,18H,3,10-11H2,1-2H3. The van der Waals surface area contributed by atoms with Gasteiger partial charge >= 0.3 is 0 Å². The molecule has 1 N–H and O–H groups in total. The molecule has 5 heteroatoms. The van der Waals surface area contributed by atoms with E-state index in [0.29, 0.717) is 12.1 Å². The van der Waals surface area contributed by atoms with Crippen LogP contribution in [0, 0.1) is 5.82 Å². The summed E-state index contributed by atoms with van der Waals surface area (Å²) in [5.74, 6) is 0.347. The topological polar surface area (TPSA) is 43.4 Å². The molecule has 0 saturated heterocycles. The van der Waals surface area contributed by atoms with Gasteiger partial charge in [-0.15, -0.1) is 0 Å². The van der Waals surface area contributed by atoms with E-state index < -0.39 is 5.82 Å². The van der Waals surface area contributed by atoms with Gasteiger partial charge in [-0.3, -0.25) is 0 Å². The summed E-state index contributed by atoms with van der Waals surface area (Å²) in [6.07, 6.45) is 1.55. The Bertz CT molecular complexity index is 590. The van der Waals surface area contributed by atoms with Crippen molar-refractivity contribution in [3.05, 3.63) is 53.5 Å². The van der Waals surface area contributed by atoms with Gasteiger partial charge in [-0.1, -0.05) is 19.1 Å². The normalized spacial score (nSPS) is 10.4. The van der Waals surface area contributed by atoms with Gasteiger partial charge in [0.25, 0.3) is 5.88 Å². The molecule has 0 aliphatic heterocycles. The first-order chi connectivity index (χ1) is 10.2. The Morgan fingerprint density at radius 2 is 2.14 bits per heavy atom. The van der Waals surface area contributed by atoms with Crippen molar-refractivity contribution < 1.29 is 13.9 Å². The van der Waals surface area contributed by atoms with Crippen molar-refractivity contribution in [3.63, 3.8) is 0 Å². The summed E-state index contributed by atoms with van der Waals surface area (Å²) in [4.78, 5) is 3.95. The Kier molecular flexibility index (Phi) is 5.51. The zero-order valence-electron chi connectivity index (χ0n) is 12.2. The van der Waals surface area contributed by atoms with Crippen molar-refractivity contribution in [2.45, 2.75) is 20.1 Å². The summed E-state index contributed by atoms with van der Waals surface area (Å²) < 4.78 is 24.8. The second kappa shape index (κ2) is 7.59. The number of halogens is 1. The molecule has 0 fully saturated rings. The number of benzene rings is 1. The van der Waals surface area contributed by atoms with Crippen molar-refractivity contribution in [1.29, 1.82) is 0 Å². The number of rotatable bonds is 7. The molecule has 0 atom stereocenters. The van der Waals surface area contributed by atoms with E-state index in [-0.39, 0.29) is 12.5 Å². The Morgan fingerprint density at radius 1 is 1.29 bits per heavy atom. The Morgan fingerprint density at radius 3 is 2.90 bits per heavy atom. The molecule has 0 amide bonds. The van der Waals surface area contributed by atoms with Gasteiger partial charge in [0.15, 0.2) is 5.82 Å². The molecule has 2 aromatic rings. The highest BCUT2D eigenvalue weighted by Crippen LogP contribution is 2.19. The maximum atomic E-state index is 14.2. The average Bonchev–Trinajstić information content (AvgIpc) is 2.53. The van der Waals surface area contributed by atoms with E-state index in [9.17, 15) is 4.39 Å². The number of nitrogens with zero attached hydrogens (tertiary/aromatic N) is 1. The van der Waals surface area contributed by atoms with Gasteiger partial charge in [0.05, 0.1) is 7.11 Å². The van der Waals surface area contributed by atoms with Crippen molar-refractivity contribution in [1.82, 2.24) is 10.3 Å². The van der Waals surface area contributed by atoms with E-state index in [1.165, 1.54) is 0 Å². The SMILES string of the molecule is CCNCc1ccnc(OCc2cccc(OC)c2)c1F. The summed E-state index contributed by atoms with van der Waals surface area (Å²) in [6.45, 7) is 3.45. The number of hydrogen-bond donors (Lipinski definition) is 1. The zero-order valence-corrected chi connectivity index (χ0v) is 12.2. The average molecular weight is 290 g/mol. The van der Waals surface area contributed by atoms with Crippen LogP contribution in [0.3, 0.4) is 0 Å². The molecule has 2 rings (SSSR count). The minimum atomic E-state index is -0.415. The van der Waals surface area contributed by atoms with Gasteiger partial charge < -0.3 is 14.8 Å². The van der Waals surface area contributed by atoms with Gasteiger partial charge in [0, 0.05) is 18.3 Å². The van der Waals surface area contributed by atoms with Gasteiger partial charge in [-0.05, 0) is 30.3 Å². The highest BCUT2D eigenvalue weighted by molar-refractivity contribution is 5.29. The third-order valence-corrected chi connectivity index (χ3v) is 3.01. The fourth-order valence-corrected chi connectivity index (χ4v) is 1.87. The monoisotopic (exact) mass is 290 g/mol. The molecule has 1 heterocycles. The lowest BCUT2D eigenvalue weighted by Crippen LogP contribution is -2.13. The molecule has 0 aliphatic carbocycles. The van der Waals surface area contributed by atoms with Gasteiger partial charge in [0.2, 0.25) is 0 Å². The van der Waals surface area contributed by atoms with Crippen LogP contribution in [0.2, 0.25) is 0 Å². The molecule has 1 aromatic heterocycles. The maximum absolute atomic E-state index is 14.2. The Hall–Kier alpha value is -2.14. The highest BCUT2D eigenvalue weighted by atomic mass is 19.1. The van der Waals surface area contributed by atoms with E-state index in [1.807, 2.05) is 31.2 Å². The van der Waals surface area contributed by atoms with Crippen LogP contribution in [0.15, 0.2) is 36.5 Å². The molecule has 0 aliphatic rings. The van der Waals surface area contributed by atoms with E-state index >= 15 is 0 Å². The number of pyridine rings is 1. The van der Waals surface area contributed by atoms with Crippen LogP contribution < -0.4 is 14.8 Å². The molecule has 0 spiro atoms. The molecule has 0 saturated carbocycles. The fourth-order valence-electron chi connectivity index (χ4n) is 1.87. The van der Waals surface area contributed by atoms with Crippen molar-refractivity contribution in [2.75, 3.05) is 13.7 Å². The molecule has 0 unspecified atom stereocenters. The second-order valence-electron chi connectivity index (χ2n) is 4.51. The Labute approximate surface area is 123 Å². The van der Waals surface area contributed by atoms with Crippen LogP contribution in [0.4, 0.5) is 4.39 Å². The Balaban J connectivity index is 2.05. The third kappa shape index (κ3) is 4.16. The summed E-state index contributed by atoms with van der Waals surface area (Å²) in [5, 5.41) is 3.08. The predicted octanol–water partition coefficient (Wildman–Crippen LogP) is 2.92. The quantitative estimate of drug-likeness (QED) is 0.851. The van der Waals surface area contributed by atoms with E-state index in [1.54, 1.807) is 19.4 Å². The van der Waals surface area contributed by atoms with E-state index in [2.05, 4.69) is 10.3 Å². The first-order valence-corrected chi connectivity index (χ1v) is 6.84. The molecule has 0 radical (unpaired) electrons. The number of ether oxygens (including phenoxy) is 2. The van der Waals surface area contributed by atoms with Crippen LogP contribution >= 0.6 is 0 Å². The van der Waals surface area contributed by atoms with Crippen molar-refractivity contribution in [2.24, 2.45) is 0 Å². The smallest absolute Gasteiger partial charge is 0.251 e. The van der Waals surface area contributed by atoms with Crippen LogP contribution in [0.1, 0.15) is 18.1 Å². The lowest BCUT2D eigenvalue weighted by atomic mass is 10.2. The van der Waals surface area contributed by atoms with Crippen molar-refractivity contribution in [3.8, 4) is 11.6 Å². The molecule has 4 nitrogen and oxygen atoms in total. The van der Waals surface area contributed by atoms with Crippen LogP contribution in [0.5, 0.6) is 11.6 Å². The number of methoxy groups -OCH3 is 1. The van der Waals surface area contributed by atoms with Crippen molar-refractivity contribution >= 4 is 0 Å². The first kappa shape index (κ1) is 15.3.